The van der Waals surface area contributed by atoms with Crippen LogP contribution >= 0.6 is 0 Å². The molecule has 0 radical (unpaired) electrons. The van der Waals surface area contributed by atoms with Crippen LogP contribution < -0.4 is 0 Å². The molecule has 30 heavy (non-hydrogen) atoms. The summed E-state index contributed by atoms with van der Waals surface area (Å²) >= 11 is 0. The van der Waals surface area contributed by atoms with Crippen molar-refractivity contribution in [2.75, 3.05) is 13.1 Å². The van der Waals surface area contributed by atoms with Crippen molar-refractivity contribution in [1.82, 2.24) is 4.90 Å². The number of benzene rings is 3. The fourth-order valence-corrected chi connectivity index (χ4v) is 4.81. The van der Waals surface area contributed by atoms with Gasteiger partial charge in [-0.25, -0.2) is 4.79 Å². The molecule has 2 aliphatic rings. The van der Waals surface area contributed by atoms with Gasteiger partial charge in [0.15, 0.2) is 5.60 Å². The van der Waals surface area contributed by atoms with Crippen LogP contribution in [0.5, 0.6) is 0 Å². The van der Waals surface area contributed by atoms with Gasteiger partial charge in [0.05, 0.1) is 18.0 Å². The molecule has 1 unspecified atom stereocenters. The number of ether oxygens (including phenoxy) is 1. The molecule has 4 nitrogen and oxygen atoms in total. The predicted octanol–water partition coefficient (Wildman–Crippen LogP) is 4.51. The van der Waals surface area contributed by atoms with Crippen molar-refractivity contribution in [1.29, 1.82) is 0 Å². The molecular formula is C26H23NO3. The Morgan fingerprint density at radius 2 is 1.47 bits per heavy atom. The Kier molecular flexibility index (Phi) is 4.62. The first kappa shape index (κ1) is 18.6. The van der Waals surface area contributed by atoms with Crippen LogP contribution in [0.2, 0.25) is 0 Å². The molecule has 3 aromatic rings. The maximum Gasteiger partial charge on any atom is 0.339 e. The van der Waals surface area contributed by atoms with E-state index in [0.29, 0.717) is 18.7 Å². The van der Waals surface area contributed by atoms with Gasteiger partial charge in [0.25, 0.3) is 0 Å². The smallest absolute Gasteiger partial charge is 0.339 e. The van der Waals surface area contributed by atoms with Crippen molar-refractivity contribution < 1.29 is 14.3 Å². The lowest BCUT2D eigenvalue weighted by atomic mass is 9.83. The van der Waals surface area contributed by atoms with Crippen molar-refractivity contribution in [2.45, 2.75) is 24.4 Å². The molecule has 0 N–H and O–H groups in total. The lowest BCUT2D eigenvalue weighted by molar-refractivity contribution is -0.139. The quantitative estimate of drug-likeness (QED) is 0.611. The zero-order valence-electron chi connectivity index (χ0n) is 16.7. The summed E-state index contributed by atoms with van der Waals surface area (Å²) in [7, 11) is 0. The molecular weight excluding hydrogens is 374 g/mol. The van der Waals surface area contributed by atoms with Crippen LogP contribution in [-0.2, 0) is 15.1 Å². The van der Waals surface area contributed by atoms with Crippen LogP contribution in [0.1, 0.15) is 45.8 Å². The standard InChI is InChI=1S/C26H23NO3/c28-24(23(19-10-3-1-4-11-19)20-12-5-2-6-13-20)27-17-9-16-26(18-27)22-15-8-7-14-21(22)25(29)30-26/h1-8,10-15,23H,9,16-18H2. The maximum atomic E-state index is 13.8. The van der Waals surface area contributed by atoms with E-state index in [1.807, 2.05) is 89.8 Å². The molecule has 1 spiro atoms. The number of carbonyl (C=O) groups is 2. The Morgan fingerprint density at radius 1 is 0.867 bits per heavy atom. The van der Waals surface area contributed by atoms with E-state index in [4.69, 9.17) is 4.74 Å². The average Bonchev–Trinajstić information content (AvgIpc) is 3.06. The average molecular weight is 397 g/mol. The largest absolute Gasteiger partial charge is 0.449 e. The summed E-state index contributed by atoms with van der Waals surface area (Å²) in [5, 5.41) is 0. The topological polar surface area (TPSA) is 46.6 Å². The first-order valence-electron chi connectivity index (χ1n) is 10.4. The summed E-state index contributed by atoms with van der Waals surface area (Å²) in [5.41, 5.74) is 2.73. The highest BCUT2D eigenvalue weighted by Crippen LogP contribution is 2.43. The third-order valence-corrected chi connectivity index (χ3v) is 6.21. The Bertz CT molecular complexity index is 1040. The van der Waals surface area contributed by atoms with E-state index in [1.54, 1.807) is 0 Å². The highest BCUT2D eigenvalue weighted by atomic mass is 16.6. The maximum absolute atomic E-state index is 13.8. The molecule has 2 aliphatic heterocycles. The number of piperidine rings is 1. The summed E-state index contributed by atoms with van der Waals surface area (Å²) in [5.74, 6) is -0.621. The molecule has 1 atom stereocenters. The predicted molar refractivity (Wildman–Crippen MR) is 114 cm³/mol. The van der Waals surface area contributed by atoms with E-state index >= 15 is 0 Å². The van der Waals surface area contributed by atoms with Crippen LogP contribution in [0.25, 0.3) is 0 Å². The van der Waals surface area contributed by atoms with Gasteiger partial charge in [-0.1, -0.05) is 78.9 Å². The second-order valence-corrected chi connectivity index (χ2v) is 8.05. The second-order valence-electron chi connectivity index (χ2n) is 8.05. The number of likely N-dealkylation sites (tertiary alicyclic amines) is 1. The minimum Gasteiger partial charge on any atom is -0.449 e. The number of fused-ring (bicyclic) bond motifs is 2. The van der Waals surface area contributed by atoms with E-state index < -0.39 is 5.60 Å². The highest BCUT2D eigenvalue weighted by molar-refractivity contribution is 5.95. The van der Waals surface area contributed by atoms with Crippen LogP contribution in [0, 0.1) is 0 Å². The number of carbonyl (C=O) groups excluding carboxylic acids is 2. The summed E-state index contributed by atoms with van der Waals surface area (Å²) in [6.45, 7) is 1.06. The highest BCUT2D eigenvalue weighted by Gasteiger charge is 2.49. The Hall–Kier alpha value is -3.40. The SMILES string of the molecule is O=C1OC2(CCCN(C(=O)C(c3ccccc3)c3ccccc3)C2)c2ccccc21. The Morgan fingerprint density at radius 3 is 2.13 bits per heavy atom. The van der Waals surface area contributed by atoms with Gasteiger partial charge in [0.1, 0.15) is 0 Å². The third kappa shape index (κ3) is 3.09. The van der Waals surface area contributed by atoms with Crippen molar-refractivity contribution in [3.05, 3.63) is 107 Å². The molecule has 5 rings (SSSR count). The molecule has 1 amide bonds. The number of hydrogen-bond acceptors (Lipinski definition) is 3. The van der Waals surface area contributed by atoms with Crippen LogP contribution in [0.4, 0.5) is 0 Å². The normalized spacial score (nSPS) is 20.3. The molecule has 0 saturated carbocycles. The van der Waals surface area contributed by atoms with Gasteiger partial charge in [0, 0.05) is 12.1 Å². The summed E-state index contributed by atoms with van der Waals surface area (Å²) in [6, 6.07) is 27.3. The molecule has 2 heterocycles. The van der Waals surface area contributed by atoms with Crippen molar-refractivity contribution in [2.24, 2.45) is 0 Å². The Labute approximate surface area is 176 Å². The monoisotopic (exact) mass is 397 g/mol. The lowest BCUT2D eigenvalue weighted by Gasteiger charge is -2.41. The van der Waals surface area contributed by atoms with Crippen molar-refractivity contribution >= 4 is 11.9 Å². The summed E-state index contributed by atoms with van der Waals surface area (Å²) in [4.78, 5) is 28.2. The van der Waals surface area contributed by atoms with E-state index in [1.165, 1.54) is 0 Å². The minimum absolute atomic E-state index is 0.0481. The van der Waals surface area contributed by atoms with E-state index in [-0.39, 0.29) is 17.8 Å². The number of rotatable bonds is 3. The van der Waals surface area contributed by atoms with E-state index in [0.717, 1.165) is 29.5 Å². The van der Waals surface area contributed by atoms with Gasteiger partial charge in [-0.3, -0.25) is 4.79 Å². The van der Waals surface area contributed by atoms with Crippen molar-refractivity contribution in [3.8, 4) is 0 Å². The molecule has 0 aromatic heterocycles. The number of esters is 1. The zero-order valence-corrected chi connectivity index (χ0v) is 16.7. The van der Waals surface area contributed by atoms with Crippen LogP contribution in [0.15, 0.2) is 84.9 Å². The molecule has 0 aliphatic carbocycles. The van der Waals surface area contributed by atoms with Gasteiger partial charge in [-0.05, 0) is 30.0 Å². The fraction of sp³-hybridized carbons (Fsp3) is 0.231. The molecule has 150 valence electrons. The molecule has 1 saturated heterocycles. The van der Waals surface area contributed by atoms with Crippen LogP contribution in [-0.4, -0.2) is 29.9 Å². The van der Waals surface area contributed by atoms with E-state index in [2.05, 4.69) is 0 Å². The minimum atomic E-state index is -0.737. The van der Waals surface area contributed by atoms with E-state index in [9.17, 15) is 9.59 Å². The van der Waals surface area contributed by atoms with Crippen LogP contribution in [0.3, 0.4) is 0 Å². The molecule has 0 bridgehead atoms. The summed E-state index contributed by atoms with van der Waals surface area (Å²) in [6.07, 6.45) is 1.53. The number of amides is 1. The summed E-state index contributed by atoms with van der Waals surface area (Å²) < 4.78 is 5.90. The molecule has 1 fully saturated rings. The molecule has 3 aromatic carbocycles. The number of hydrogen-bond donors (Lipinski definition) is 0. The number of nitrogens with zero attached hydrogens (tertiary/aromatic N) is 1. The van der Waals surface area contributed by atoms with Gasteiger partial charge in [-0.15, -0.1) is 0 Å². The first-order valence-corrected chi connectivity index (χ1v) is 10.4. The van der Waals surface area contributed by atoms with Gasteiger partial charge < -0.3 is 9.64 Å². The fourth-order valence-electron chi connectivity index (χ4n) is 4.81. The Balaban J connectivity index is 1.50. The van der Waals surface area contributed by atoms with Gasteiger partial charge >= 0.3 is 5.97 Å². The second kappa shape index (κ2) is 7.45. The lowest BCUT2D eigenvalue weighted by Crippen LogP contribution is -2.50. The third-order valence-electron chi connectivity index (χ3n) is 6.21. The van der Waals surface area contributed by atoms with Crippen molar-refractivity contribution in [3.63, 3.8) is 0 Å². The van der Waals surface area contributed by atoms with Gasteiger partial charge in [0.2, 0.25) is 5.91 Å². The first-order chi connectivity index (χ1) is 14.7. The zero-order chi connectivity index (χ0) is 20.6. The van der Waals surface area contributed by atoms with Gasteiger partial charge in [-0.2, -0.15) is 0 Å². The molecule has 4 heteroatoms.